The number of hydrogen-bond acceptors (Lipinski definition) is 11. The van der Waals surface area contributed by atoms with Crippen LogP contribution in [0.15, 0.2) is 53.9 Å². The van der Waals surface area contributed by atoms with E-state index in [0.29, 0.717) is 17.3 Å². The quantitative estimate of drug-likeness (QED) is 0.462. The first-order chi connectivity index (χ1) is 16.2. The van der Waals surface area contributed by atoms with Crippen LogP contribution in [-0.2, 0) is 32.3 Å². The zero-order valence-electron chi connectivity index (χ0n) is 18.2. The molecule has 2 unspecified atom stereocenters. The van der Waals surface area contributed by atoms with E-state index < -0.39 is 44.1 Å². The number of hydrogen-bond donors (Lipinski definition) is 1. The molecule has 1 aromatic carbocycles. The maximum atomic E-state index is 13.2. The van der Waals surface area contributed by atoms with Gasteiger partial charge in [0, 0.05) is 17.6 Å². The summed E-state index contributed by atoms with van der Waals surface area (Å²) in [7, 11) is -3.94. The summed E-state index contributed by atoms with van der Waals surface area (Å²) in [6.45, 7) is 5.46. The predicted octanol–water partition coefficient (Wildman–Crippen LogP) is 3.62. The van der Waals surface area contributed by atoms with Gasteiger partial charge in [-0.05, 0) is 30.7 Å². The summed E-state index contributed by atoms with van der Waals surface area (Å²) in [5.41, 5.74) is 5.27. The van der Waals surface area contributed by atoms with Crippen molar-refractivity contribution in [3.05, 3.63) is 59.5 Å². The Balaban J connectivity index is 1.30. The minimum atomic E-state index is -3.94. The van der Waals surface area contributed by atoms with Crippen molar-refractivity contribution in [1.29, 1.82) is 0 Å². The van der Waals surface area contributed by atoms with E-state index in [1.165, 1.54) is 0 Å². The molecule has 182 valence electrons. The fraction of sp³-hybridized carbons (Fsp3) is 0.429. The van der Waals surface area contributed by atoms with Gasteiger partial charge >= 0.3 is 14.0 Å². The number of amidine groups is 1. The molecule has 0 saturated carbocycles. The molecule has 0 radical (unpaired) electrons. The number of phosphoric ester groups is 1. The summed E-state index contributed by atoms with van der Waals surface area (Å²) >= 11 is 6.07. The highest BCUT2D eigenvalue weighted by Crippen LogP contribution is 2.57. The van der Waals surface area contributed by atoms with E-state index in [1.54, 1.807) is 42.3 Å². The van der Waals surface area contributed by atoms with Gasteiger partial charge in [-0.1, -0.05) is 30.3 Å². The SMILES string of the molecule is C=C1N=C(N)C=CN1[C@@H]1O[C@H](COP2(=O)OCCC(c3cccc(Cl)c3)O2)[C@H]2OC(=O)O[C@]21C. The Hall–Kier alpha value is -2.40. The molecule has 0 bridgehead atoms. The number of aliphatic imine (C=N–C) groups is 1. The molecule has 6 atom stereocenters. The monoisotopic (exact) mass is 511 g/mol. The summed E-state index contributed by atoms with van der Waals surface area (Å²) < 4.78 is 46.8. The Morgan fingerprint density at radius 3 is 3.03 bits per heavy atom. The van der Waals surface area contributed by atoms with Gasteiger partial charge in [0.05, 0.1) is 19.3 Å². The van der Waals surface area contributed by atoms with Crippen LogP contribution < -0.4 is 5.73 Å². The number of ether oxygens (including phenoxy) is 3. The average Bonchev–Trinajstić information content (AvgIpc) is 3.22. The van der Waals surface area contributed by atoms with Gasteiger partial charge in [-0.3, -0.25) is 13.6 Å². The highest BCUT2D eigenvalue weighted by molar-refractivity contribution is 7.48. The summed E-state index contributed by atoms with van der Waals surface area (Å²) in [5.74, 6) is 0.574. The Morgan fingerprint density at radius 1 is 1.44 bits per heavy atom. The number of nitrogens with two attached hydrogens (primary N) is 1. The van der Waals surface area contributed by atoms with Gasteiger partial charge in [-0.15, -0.1) is 0 Å². The minimum absolute atomic E-state index is 0.166. The molecule has 3 saturated heterocycles. The standard InChI is InChI=1S/C21H23ClN3O8P/c1-12-24-17(23)6-8-25(12)19-21(2)18(31-20(26)32-21)16(30-19)11-29-34(27)28-9-7-15(33-34)13-4-3-5-14(22)10-13/h3-6,8,10,15-16,18-19H,1,7,9,11H2,2H3,(H2,23,24)/t15?,16-,18-,19-,21-,34?/m1/s1. The van der Waals surface area contributed by atoms with E-state index in [9.17, 15) is 9.36 Å². The summed E-state index contributed by atoms with van der Waals surface area (Å²) in [6, 6.07) is 7.08. The van der Waals surface area contributed by atoms with Crippen molar-refractivity contribution in [2.45, 2.75) is 43.5 Å². The molecule has 4 aliphatic rings. The fourth-order valence-corrected chi connectivity index (χ4v) is 5.93. The van der Waals surface area contributed by atoms with Gasteiger partial charge in [0.15, 0.2) is 17.9 Å². The van der Waals surface area contributed by atoms with Crippen LogP contribution in [-0.4, -0.2) is 54.1 Å². The van der Waals surface area contributed by atoms with Gasteiger partial charge in [0.25, 0.3) is 0 Å². The zero-order chi connectivity index (χ0) is 24.1. The maximum absolute atomic E-state index is 13.2. The third kappa shape index (κ3) is 4.24. The topological polar surface area (TPSA) is 131 Å². The normalized spacial score (nSPS) is 37.2. The largest absolute Gasteiger partial charge is 0.509 e. The third-order valence-electron chi connectivity index (χ3n) is 5.94. The lowest BCUT2D eigenvalue weighted by atomic mass is 9.96. The summed E-state index contributed by atoms with van der Waals surface area (Å²) in [5, 5.41) is 0.538. The first-order valence-corrected chi connectivity index (χ1v) is 12.4. The van der Waals surface area contributed by atoms with Crippen molar-refractivity contribution < 1.29 is 37.1 Å². The van der Waals surface area contributed by atoms with Crippen molar-refractivity contribution in [1.82, 2.24) is 4.90 Å². The van der Waals surface area contributed by atoms with Crippen LogP contribution in [0.1, 0.15) is 25.0 Å². The number of phosphoric acid groups is 1. The molecule has 3 fully saturated rings. The molecule has 1 aromatic rings. The molecule has 0 spiro atoms. The number of benzene rings is 1. The minimum Gasteiger partial charge on any atom is -0.424 e. The fourth-order valence-electron chi connectivity index (χ4n) is 4.34. The van der Waals surface area contributed by atoms with E-state index in [1.807, 2.05) is 6.07 Å². The molecule has 11 nitrogen and oxygen atoms in total. The first-order valence-electron chi connectivity index (χ1n) is 10.5. The summed E-state index contributed by atoms with van der Waals surface area (Å²) in [6.07, 6.45) is -0.226. The Kier molecular flexibility index (Phi) is 5.96. The van der Waals surface area contributed by atoms with E-state index in [2.05, 4.69) is 11.6 Å². The number of carbonyl (C=O) groups excluding carboxylic acids is 1. The molecular formula is C21H23ClN3O8P. The van der Waals surface area contributed by atoms with Crippen molar-refractivity contribution in [2.75, 3.05) is 13.2 Å². The van der Waals surface area contributed by atoms with Gasteiger partial charge in [-0.2, -0.15) is 0 Å². The van der Waals surface area contributed by atoms with Gasteiger partial charge in [0.1, 0.15) is 17.8 Å². The molecule has 0 aromatic heterocycles. The number of rotatable bonds is 5. The molecule has 4 aliphatic heterocycles. The van der Waals surface area contributed by atoms with Crippen LogP contribution in [0, 0.1) is 0 Å². The molecule has 34 heavy (non-hydrogen) atoms. The highest BCUT2D eigenvalue weighted by Gasteiger charge is 2.65. The number of fused-ring (bicyclic) bond motifs is 1. The van der Waals surface area contributed by atoms with E-state index in [4.69, 9.17) is 45.1 Å². The summed E-state index contributed by atoms with van der Waals surface area (Å²) in [4.78, 5) is 17.7. The van der Waals surface area contributed by atoms with Crippen LogP contribution in [0.25, 0.3) is 0 Å². The molecule has 13 heteroatoms. The molecular weight excluding hydrogens is 489 g/mol. The second kappa shape index (κ2) is 8.67. The zero-order valence-corrected chi connectivity index (χ0v) is 19.8. The predicted molar refractivity (Wildman–Crippen MR) is 120 cm³/mol. The maximum Gasteiger partial charge on any atom is 0.509 e. The molecule has 2 N–H and O–H groups in total. The Morgan fingerprint density at radius 2 is 2.26 bits per heavy atom. The van der Waals surface area contributed by atoms with E-state index in [-0.39, 0.29) is 19.0 Å². The second-order valence-electron chi connectivity index (χ2n) is 8.29. The van der Waals surface area contributed by atoms with Crippen molar-refractivity contribution >= 4 is 31.4 Å². The average molecular weight is 512 g/mol. The van der Waals surface area contributed by atoms with Gasteiger partial charge < -0.3 is 24.8 Å². The second-order valence-corrected chi connectivity index (χ2v) is 10.3. The highest BCUT2D eigenvalue weighted by atomic mass is 35.5. The van der Waals surface area contributed by atoms with Crippen molar-refractivity contribution in [3.63, 3.8) is 0 Å². The number of nitrogens with zero attached hydrogens (tertiary/aromatic N) is 2. The van der Waals surface area contributed by atoms with E-state index >= 15 is 0 Å². The van der Waals surface area contributed by atoms with Crippen molar-refractivity contribution in [2.24, 2.45) is 10.7 Å². The van der Waals surface area contributed by atoms with Crippen LogP contribution in [0.3, 0.4) is 0 Å². The molecule has 5 rings (SSSR count). The lowest BCUT2D eigenvalue weighted by Crippen LogP contribution is -2.50. The smallest absolute Gasteiger partial charge is 0.424 e. The van der Waals surface area contributed by atoms with Crippen LogP contribution >= 0.6 is 19.4 Å². The Bertz CT molecular complexity index is 1130. The van der Waals surface area contributed by atoms with Crippen LogP contribution in [0.5, 0.6) is 0 Å². The lowest BCUT2D eigenvalue weighted by Gasteiger charge is -2.35. The van der Waals surface area contributed by atoms with Crippen LogP contribution in [0.4, 0.5) is 4.79 Å². The van der Waals surface area contributed by atoms with Gasteiger partial charge in [-0.25, -0.2) is 14.4 Å². The molecule has 4 heterocycles. The van der Waals surface area contributed by atoms with Crippen molar-refractivity contribution in [3.8, 4) is 0 Å². The first kappa shape index (κ1) is 23.3. The number of halogens is 1. The number of carbonyl (C=O) groups is 1. The molecule has 0 aliphatic carbocycles. The van der Waals surface area contributed by atoms with Gasteiger partial charge in [0.2, 0.25) is 0 Å². The Labute approximate surface area is 200 Å². The van der Waals surface area contributed by atoms with E-state index in [0.717, 1.165) is 5.56 Å². The third-order valence-corrected chi connectivity index (χ3v) is 7.65. The van der Waals surface area contributed by atoms with Crippen LogP contribution in [0.2, 0.25) is 5.02 Å². The molecule has 0 amide bonds. The lowest BCUT2D eigenvalue weighted by molar-refractivity contribution is -0.107.